The van der Waals surface area contributed by atoms with Crippen LogP contribution in [0.15, 0.2) is 30.3 Å². The van der Waals surface area contributed by atoms with Gasteiger partial charge in [0.05, 0.1) is 5.75 Å². The third-order valence-electron chi connectivity index (χ3n) is 4.22. The fourth-order valence-electron chi connectivity index (χ4n) is 2.92. The topological polar surface area (TPSA) is 49.3 Å². The number of nitrogens with one attached hydrogen (secondary N) is 1. The summed E-state index contributed by atoms with van der Waals surface area (Å²) in [5, 5.41) is 12.3. The van der Waals surface area contributed by atoms with Gasteiger partial charge in [0.1, 0.15) is 0 Å². The van der Waals surface area contributed by atoms with Gasteiger partial charge in [0.25, 0.3) is 0 Å². The second-order valence-electron chi connectivity index (χ2n) is 5.73. The van der Waals surface area contributed by atoms with Crippen LogP contribution in [0.2, 0.25) is 0 Å². The van der Waals surface area contributed by atoms with Crippen molar-refractivity contribution in [2.75, 3.05) is 24.7 Å². The van der Waals surface area contributed by atoms with Crippen molar-refractivity contribution in [3.63, 3.8) is 0 Å². The zero-order valence-corrected chi connectivity index (χ0v) is 13.3. The first-order valence-electron chi connectivity index (χ1n) is 7.79. The average Bonchev–Trinajstić information content (AvgIpc) is 2.98. The van der Waals surface area contributed by atoms with Gasteiger partial charge in [-0.05, 0) is 42.4 Å². The molecule has 2 atom stereocenters. The van der Waals surface area contributed by atoms with Crippen molar-refractivity contribution in [1.82, 2.24) is 5.32 Å². The van der Waals surface area contributed by atoms with Crippen molar-refractivity contribution in [3.05, 3.63) is 35.9 Å². The van der Waals surface area contributed by atoms with Gasteiger partial charge in [0.15, 0.2) is 0 Å². The smallest absolute Gasteiger partial charge is 0.230 e. The predicted octanol–water partition coefficient (Wildman–Crippen LogP) is 2.49. The molecule has 116 valence electrons. The molecule has 2 unspecified atom stereocenters. The molecule has 0 saturated heterocycles. The highest BCUT2D eigenvalue weighted by Gasteiger charge is 2.26. The minimum absolute atomic E-state index is 0.122. The maximum Gasteiger partial charge on any atom is 0.230 e. The standard InChI is InChI=1S/C17H25NO2S/c19-12-16-8-4-7-15(16)11-18-17(20)13-21-10-9-14-5-2-1-3-6-14/h1-3,5-6,15-16,19H,4,7-13H2,(H,18,20). The lowest BCUT2D eigenvalue weighted by Gasteiger charge is -2.17. The quantitative estimate of drug-likeness (QED) is 0.726. The molecule has 1 fully saturated rings. The third-order valence-corrected chi connectivity index (χ3v) is 5.18. The number of hydrogen-bond donors (Lipinski definition) is 2. The monoisotopic (exact) mass is 307 g/mol. The number of hydrogen-bond acceptors (Lipinski definition) is 3. The first-order chi connectivity index (χ1) is 10.3. The molecule has 0 bridgehead atoms. The van der Waals surface area contributed by atoms with Gasteiger partial charge in [0.2, 0.25) is 5.91 Å². The summed E-state index contributed by atoms with van der Waals surface area (Å²) in [5.41, 5.74) is 1.32. The number of rotatable bonds is 8. The second-order valence-corrected chi connectivity index (χ2v) is 6.83. The molecular weight excluding hydrogens is 282 g/mol. The molecule has 2 N–H and O–H groups in total. The summed E-state index contributed by atoms with van der Waals surface area (Å²) in [5.74, 6) is 2.48. The summed E-state index contributed by atoms with van der Waals surface area (Å²) in [4.78, 5) is 11.8. The Hall–Kier alpha value is -1.00. The molecule has 1 aliphatic rings. The van der Waals surface area contributed by atoms with Crippen molar-refractivity contribution in [1.29, 1.82) is 0 Å². The number of thioether (sulfide) groups is 1. The van der Waals surface area contributed by atoms with Gasteiger partial charge in [-0.15, -0.1) is 0 Å². The Morgan fingerprint density at radius 3 is 2.76 bits per heavy atom. The molecule has 0 aliphatic heterocycles. The number of aliphatic hydroxyl groups is 1. The lowest BCUT2D eigenvalue weighted by molar-refractivity contribution is -0.118. The van der Waals surface area contributed by atoms with Crippen LogP contribution in [0, 0.1) is 11.8 Å². The van der Waals surface area contributed by atoms with E-state index in [4.69, 9.17) is 0 Å². The Balaban J connectivity index is 1.55. The van der Waals surface area contributed by atoms with Gasteiger partial charge in [-0.2, -0.15) is 11.8 Å². The van der Waals surface area contributed by atoms with Crippen LogP contribution >= 0.6 is 11.8 Å². The van der Waals surface area contributed by atoms with E-state index in [1.807, 2.05) is 18.2 Å². The van der Waals surface area contributed by atoms with Crippen LogP contribution in [0.5, 0.6) is 0 Å². The molecule has 4 heteroatoms. The van der Waals surface area contributed by atoms with E-state index in [-0.39, 0.29) is 12.5 Å². The first kappa shape index (κ1) is 16.4. The highest BCUT2D eigenvalue weighted by atomic mass is 32.2. The van der Waals surface area contributed by atoms with Crippen LogP contribution in [0.25, 0.3) is 0 Å². The van der Waals surface area contributed by atoms with Crippen molar-refractivity contribution in [2.24, 2.45) is 11.8 Å². The van der Waals surface area contributed by atoms with E-state index in [1.165, 1.54) is 12.0 Å². The zero-order valence-electron chi connectivity index (χ0n) is 12.5. The minimum atomic E-state index is 0.122. The molecule has 0 spiro atoms. The van der Waals surface area contributed by atoms with E-state index in [9.17, 15) is 9.90 Å². The Kier molecular flexibility index (Phi) is 7.10. The molecule has 2 rings (SSSR count). The lowest BCUT2D eigenvalue weighted by atomic mass is 9.97. The number of carbonyl (C=O) groups is 1. The van der Waals surface area contributed by atoms with E-state index in [0.717, 1.165) is 31.6 Å². The van der Waals surface area contributed by atoms with Crippen molar-refractivity contribution in [2.45, 2.75) is 25.7 Å². The Morgan fingerprint density at radius 1 is 1.24 bits per heavy atom. The van der Waals surface area contributed by atoms with E-state index < -0.39 is 0 Å². The molecule has 0 radical (unpaired) electrons. The van der Waals surface area contributed by atoms with Crippen LogP contribution in [-0.2, 0) is 11.2 Å². The number of benzene rings is 1. The number of aliphatic hydroxyl groups excluding tert-OH is 1. The zero-order chi connectivity index (χ0) is 14.9. The summed E-state index contributed by atoms with van der Waals surface area (Å²) in [7, 11) is 0. The third kappa shape index (κ3) is 5.71. The Bertz CT molecular complexity index is 424. The van der Waals surface area contributed by atoms with Gasteiger partial charge < -0.3 is 10.4 Å². The van der Waals surface area contributed by atoms with Gasteiger partial charge in [0, 0.05) is 13.2 Å². The minimum Gasteiger partial charge on any atom is -0.396 e. The summed E-state index contributed by atoms with van der Waals surface area (Å²) in [6.45, 7) is 0.982. The maximum absolute atomic E-state index is 11.8. The number of amides is 1. The van der Waals surface area contributed by atoms with E-state index in [0.29, 0.717) is 17.6 Å². The SMILES string of the molecule is O=C(CSCCc1ccccc1)NCC1CCCC1CO. The van der Waals surface area contributed by atoms with E-state index in [1.54, 1.807) is 11.8 Å². The molecular formula is C17H25NO2S. The Morgan fingerprint density at radius 2 is 2.00 bits per heavy atom. The lowest BCUT2D eigenvalue weighted by Crippen LogP contribution is -2.32. The fraction of sp³-hybridized carbons (Fsp3) is 0.588. The number of aryl methyl sites for hydroxylation is 1. The summed E-state index contributed by atoms with van der Waals surface area (Å²) >= 11 is 1.68. The fourth-order valence-corrected chi connectivity index (χ4v) is 3.73. The average molecular weight is 307 g/mol. The second kappa shape index (κ2) is 9.11. The largest absolute Gasteiger partial charge is 0.396 e. The van der Waals surface area contributed by atoms with E-state index in [2.05, 4.69) is 17.4 Å². The van der Waals surface area contributed by atoms with Crippen LogP contribution < -0.4 is 5.32 Å². The summed E-state index contributed by atoms with van der Waals surface area (Å²) in [6, 6.07) is 10.4. The van der Waals surface area contributed by atoms with Crippen LogP contribution in [0.4, 0.5) is 0 Å². The van der Waals surface area contributed by atoms with Crippen LogP contribution in [-0.4, -0.2) is 35.7 Å². The summed E-state index contributed by atoms with van der Waals surface area (Å²) in [6.07, 6.45) is 4.42. The molecule has 1 aliphatic carbocycles. The highest BCUT2D eigenvalue weighted by Crippen LogP contribution is 2.30. The molecule has 1 amide bonds. The first-order valence-corrected chi connectivity index (χ1v) is 8.94. The maximum atomic E-state index is 11.8. The Labute approximate surface area is 131 Å². The molecule has 0 aromatic heterocycles. The molecule has 3 nitrogen and oxygen atoms in total. The normalized spacial score (nSPS) is 21.4. The number of carbonyl (C=O) groups excluding carboxylic acids is 1. The van der Waals surface area contributed by atoms with Gasteiger partial charge >= 0.3 is 0 Å². The predicted molar refractivity (Wildman–Crippen MR) is 88.4 cm³/mol. The molecule has 21 heavy (non-hydrogen) atoms. The van der Waals surface area contributed by atoms with Crippen molar-refractivity contribution in [3.8, 4) is 0 Å². The summed E-state index contributed by atoms with van der Waals surface area (Å²) < 4.78 is 0. The van der Waals surface area contributed by atoms with Gasteiger partial charge in [-0.3, -0.25) is 4.79 Å². The van der Waals surface area contributed by atoms with E-state index >= 15 is 0 Å². The van der Waals surface area contributed by atoms with Crippen molar-refractivity contribution < 1.29 is 9.90 Å². The van der Waals surface area contributed by atoms with Gasteiger partial charge in [-0.25, -0.2) is 0 Å². The van der Waals surface area contributed by atoms with Gasteiger partial charge in [-0.1, -0.05) is 36.8 Å². The molecule has 1 aromatic carbocycles. The van der Waals surface area contributed by atoms with Crippen LogP contribution in [0.1, 0.15) is 24.8 Å². The molecule has 1 aromatic rings. The van der Waals surface area contributed by atoms with Crippen molar-refractivity contribution >= 4 is 17.7 Å². The highest BCUT2D eigenvalue weighted by molar-refractivity contribution is 7.99. The van der Waals surface area contributed by atoms with Crippen LogP contribution in [0.3, 0.4) is 0 Å². The molecule has 1 saturated carbocycles. The molecule has 0 heterocycles.